The Bertz CT molecular complexity index is 303. The zero-order valence-electron chi connectivity index (χ0n) is 9.50. The molecule has 2 aliphatic heterocycles. The highest BCUT2D eigenvalue weighted by Crippen LogP contribution is 2.67. The molecule has 2 heteroatoms. The number of rotatable bonds is 1. The van der Waals surface area contributed by atoms with Crippen LogP contribution in [0.1, 0.15) is 51.9 Å². The lowest BCUT2D eigenvalue weighted by Crippen LogP contribution is -2.42. The highest BCUT2D eigenvalue weighted by molar-refractivity contribution is 5.27. The Morgan fingerprint density at radius 1 is 0.933 bits per heavy atom. The van der Waals surface area contributed by atoms with Gasteiger partial charge in [0.2, 0.25) is 0 Å². The van der Waals surface area contributed by atoms with E-state index in [1.165, 1.54) is 44.9 Å². The van der Waals surface area contributed by atoms with E-state index in [9.17, 15) is 0 Å². The fourth-order valence-corrected chi connectivity index (χ4v) is 4.24. The van der Waals surface area contributed by atoms with E-state index in [2.05, 4.69) is 6.92 Å². The summed E-state index contributed by atoms with van der Waals surface area (Å²) in [5.41, 5.74) is 0.376. The Balaban J connectivity index is 1.59. The van der Waals surface area contributed by atoms with Crippen LogP contribution in [0.3, 0.4) is 0 Å². The van der Waals surface area contributed by atoms with E-state index in [1.54, 1.807) is 0 Å². The standard InChI is InChI=1S/C13H20O2/c1-9-5-7-13(11(8-9)15-13)12-6-3-2-4-10(12)14-12/h9-11H,2-8H2,1H3. The average Bonchev–Trinajstić information content (AvgIpc) is 3.10. The van der Waals surface area contributed by atoms with Crippen LogP contribution in [0.15, 0.2) is 0 Å². The third-order valence-corrected chi connectivity index (χ3v) is 5.24. The lowest BCUT2D eigenvalue weighted by Gasteiger charge is -2.29. The van der Waals surface area contributed by atoms with Crippen LogP contribution in [-0.2, 0) is 9.47 Å². The van der Waals surface area contributed by atoms with Crippen molar-refractivity contribution in [3.05, 3.63) is 0 Å². The second-order valence-corrected chi connectivity index (χ2v) is 6.12. The fourth-order valence-electron chi connectivity index (χ4n) is 4.24. The van der Waals surface area contributed by atoms with E-state index in [0.717, 1.165) is 5.92 Å². The Kier molecular flexibility index (Phi) is 1.56. The molecule has 2 nitrogen and oxygen atoms in total. The molecule has 0 aromatic heterocycles. The van der Waals surface area contributed by atoms with Gasteiger partial charge >= 0.3 is 0 Å². The SMILES string of the molecule is CC1CCC2(C34CCCCC3O4)OC2C1. The molecule has 2 saturated carbocycles. The highest BCUT2D eigenvalue weighted by atomic mass is 16.7. The zero-order chi connectivity index (χ0) is 10.1. The molecule has 15 heavy (non-hydrogen) atoms. The van der Waals surface area contributed by atoms with Crippen LogP contribution in [0.2, 0.25) is 0 Å². The molecule has 4 aliphatic rings. The van der Waals surface area contributed by atoms with Crippen LogP contribution in [0.4, 0.5) is 0 Å². The number of hydrogen-bond donors (Lipinski definition) is 0. The van der Waals surface area contributed by atoms with Crippen molar-refractivity contribution >= 4 is 0 Å². The van der Waals surface area contributed by atoms with Crippen molar-refractivity contribution in [3.63, 3.8) is 0 Å². The first-order valence-electron chi connectivity index (χ1n) is 6.62. The minimum atomic E-state index is 0.185. The summed E-state index contributed by atoms with van der Waals surface area (Å²) in [5, 5.41) is 0. The van der Waals surface area contributed by atoms with E-state index in [4.69, 9.17) is 9.47 Å². The van der Waals surface area contributed by atoms with Crippen molar-refractivity contribution in [2.24, 2.45) is 5.92 Å². The molecule has 0 spiro atoms. The first-order chi connectivity index (χ1) is 7.27. The van der Waals surface area contributed by atoms with Gasteiger partial charge in [0.15, 0.2) is 0 Å². The van der Waals surface area contributed by atoms with Gasteiger partial charge in [0, 0.05) is 0 Å². The molecule has 0 N–H and O–H groups in total. The van der Waals surface area contributed by atoms with E-state index in [0.29, 0.717) is 12.2 Å². The first kappa shape index (κ1) is 9.00. The Morgan fingerprint density at radius 2 is 1.73 bits per heavy atom. The molecule has 2 aliphatic carbocycles. The highest BCUT2D eigenvalue weighted by Gasteiger charge is 2.79. The Hall–Kier alpha value is -0.0800. The molecular weight excluding hydrogens is 188 g/mol. The molecule has 0 aromatic carbocycles. The van der Waals surface area contributed by atoms with Gasteiger partial charge in [-0.15, -0.1) is 0 Å². The Labute approximate surface area is 91.3 Å². The van der Waals surface area contributed by atoms with Crippen molar-refractivity contribution in [3.8, 4) is 0 Å². The molecule has 4 rings (SSSR count). The predicted molar refractivity (Wildman–Crippen MR) is 56.7 cm³/mol. The normalized spacial score (nSPS) is 61.8. The second kappa shape index (κ2) is 2.60. The first-order valence-corrected chi connectivity index (χ1v) is 6.62. The van der Waals surface area contributed by atoms with Crippen LogP contribution in [0.25, 0.3) is 0 Å². The summed E-state index contributed by atoms with van der Waals surface area (Å²) in [6.07, 6.45) is 10.2. The van der Waals surface area contributed by atoms with E-state index in [-0.39, 0.29) is 11.2 Å². The van der Waals surface area contributed by atoms with Gasteiger partial charge < -0.3 is 9.47 Å². The van der Waals surface area contributed by atoms with Gasteiger partial charge in [-0.2, -0.15) is 0 Å². The van der Waals surface area contributed by atoms with Crippen molar-refractivity contribution in [2.75, 3.05) is 0 Å². The summed E-state index contributed by atoms with van der Waals surface area (Å²) in [7, 11) is 0. The van der Waals surface area contributed by atoms with Crippen molar-refractivity contribution in [2.45, 2.75) is 75.3 Å². The van der Waals surface area contributed by atoms with Crippen molar-refractivity contribution in [1.29, 1.82) is 0 Å². The summed E-state index contributed by atoms with van der Waals surface area (Å²) < 4.78 is 12.2. The smallest absolute Gasteiger partial charge is 0.126 e. The van der Waals surface area contributed by atoms with E-state index < -0.39 is 0 Å². The van der Waals surface area contributed by atoms with Crippen LogP contribution in [-0.4, -0.2) is 23.4 Å². The van der Waals surface area contributed by atoms with E-state index in [1.807, 2.05) is 0 Å². The summed E-state index contributed by atoms with van der Waals surface area (Å²) in [4.78, 5) is 0. The van der Waals surface area contributed by atoms with E-state index >= 15 is 0 Å². The summed E-state index contributed by atoms with van der Waals surface area (Å²) in [6, 6.07) is 0. The number of hydrogen-bond acceptors (Lipinski definition) is 2. The molecule has 4 fully saturated rings. The van der Waals surface area contributed by atoms with Crippen LogP contribution < -0.4 is 0 Å². The molecule has 0 bridgehead atoms. The zero-order valence-corrected chi connectivity index (χ0v) is 9.50. The van der Waals surface area contributed by atoms with Gasteiger partial charge in [-0.3, -0.25) is 0 Å². The van der Waals surface area contributed by atoms with Crippen LogP contribution in [0, 0.1) is 5.92 Å². The number of ether oxygens (including phenoxy) is 2. The molecule has 5 unspecified atom stereocenters. The second-order valence-electron chi connectivity index (χ2n) is 6.12. The van der Waals surface area contributed by atoms with Gasteiger partial charge in [0.05, 0.1) is 12.2 Å². The number of fused-ring (bicyclic) bond motifs is 3. The van der Waals surface area contributed by atoms with Crippen LogP contribution in [0.5, 0.6) is 0 Å². The molecule has 2 heterocycles. The third-order valence-electron chi connectivity index (χ3n) is 5.24. The van der Waals surface area contributed by atoms with Gasteiger partial charge in [-0.1, -0.05) is 19.8 Å². The van der Waals surface area contributed by atoms with Crippen molar-refractivity contribution < 1.29 is 9.47 Å². The minimum Gasteiger partial charge on any atom is -0.363 e. The predicted octanol–water partition coefficient (Wildman–Crippen LogP) is 2.66. The van der Waals surface area contributed by atoms with Crippen molar-refractivity contribution in [1.82, 2.24) is 0 Å². The van der Waals surface area contributed by atoms with Crippen LogP contribution >= 0.6 is 0 Å². The molecule has 0 amide bonds. The quantitative estimate of drug-likeness (QED) is 0.619. The third kappa shape index (κ3) is 0.980. The largest absolute Gasteiger partial charge is 0.363 e. The monoisotopic (exact) mass is 208 g/mol. The summed E-state index contributed by atoms with van der Waals surface area (Å²) in [5.74, 6) is 0.864. The minimum absolute atomic E-state index is 0.185. The maximum atomic E-state index is 6.10. The Morgan fingerprint density at radius 3 is 2.53 bits per heavy atom. The van der Waals surface area contributed by atoms with Gasteiger partial charge in [-0.25, -0.2) is 0 Å². The van der Waals surface area contributed by atoms with Gasteiger partial charge in [0.1, 0.15) is 11.2 Å². The molecule has 0 radical (unpaired) electrons. The maximum absolute atomic E-state index is 6.10. The maximum Gasteiger partial charge on any atom is 0.126 e. The summed E-state index contributed by atoms with van der Waals surface area (Å²) in [6.45, 7) is 2.36. The lowest BCUT2D eigenvalue weighted by atomic mass is 9.70. The van der Waals surface area contributed by atoms with Gasteiger partial charge in [-0.05, 0) is 38.0 Å². The molecular formula is C13H20O2. The number of epoxide rings is 2. The molecule has 5 atom stereocenters. The lowest BCUT2D eigenvalue weighted by molar-refractivity contribution is 0.131. The molecule has 0 aromatic rings. The average molecular weight is 208 g/mol. The van der Waals surface area contributed by atoms with Gasteiger partial charge in [0.25, 0.3) is 0 Å². The fraction of sp³-hybridized carbons (Fsp3) is 1.00. The molecule has 84 valence electrons. The summed E-state index contributed by atoms with van der Waals surface area (Å²) >= 11 is 0. The molecule has 2 saturated heterocycles. The topological polar surface area (TPSA) is 25.1 Å².